The molecule has 0 radical (unpaired) electrons. The van der Waals surface area contributed by atoms with Crippen molar-refractivity contribution >= 4 is 45.7 Å². The number of benzene rings is 1. The molecule has 2 aromatic rings. The van der Waals surface area contributed by atoms with Crippen molar-refractivity contribution in [1.82, 2.24) is 10.3 Å². The van der Waals surface area contributed by atoms with Crippen molar-refractivity contribution in [3.05, 3.63) is 30.5 Å². The minimum atomic E-state index is 0.272. The van der Waals surface area contributed by atoms with Crippen LogP contribution in [0.4, 0.5) is 5.69 Å². The SMILES string of the molecule is COc1ccc(NC(=S)NCCSC(C)(C)C)c2cccnc12. The lowest BCUT2D eigenvalue weighted by atomic mass is 10.1. The molecular formula is C17H23N3OS2. The molecule has 0 atom stereocenters. The molecule has 0 amide bonds. The van der Waals surface area contributed by atoms with Crippen LogP contribution in [0.15, 0.2) is 30.5 Å². The number of hydrogen-bond donors (Lipinski definition) is 2. The molecule has 4 nitrogen and oxygen atoms in total. The minimum Gasteiger partial charge on any atom is -0.494 e. The molecule has 2 N–H and O–H groups in total. The number of thioether (sulfide) groups is 1. The van der Waals surface area contributed by atoms with Gasteiger partial charge in [0.2, 0.25) is 0 Å². The van der Waals surface area contributed by atoms with Crippen LogP contribution in [0.25, 0.3) is 10.9 Å². The van der Waals surface area contributed by atoms with Gasteiger partial charge in [0, 0.05) is 34.3 Å². The van der Waals surface area contributed by atoms with Crippen LogP contribution in [0.5, 0.6) is 5.75 Å². The Morgan fingerprint density at radius 2 is 2.09 bits per heavy atom. The summed E-state index contributed by atoms with van der Waals surface area (Å²) in [6, 6.07) is 7.77. The minimum absolute atomic E-state index is 0.272. The average Bonchev–Trinajstić information content (AvgIpc) is 2.51. The molecule has 0 aliphatic carbocycles. The molecule has 124 valence electrons. The van der Waals surface area contributed by atoms with E-state index in [-0.39, 0.29) is 4.75 Å². The molecule has 1 aromatic heterocycles. The number of aromatic nitrogens is 1. The van der Waals surface area contributed by atoms with Crippen LogP contribution in [-0.2, 0) is 0 Å². The van der Waals surface area contributed by atoms with Gasteiger partial charge in [0.05, 0.1) is 7.11 Å². The van der Waals surface area contributed by atoms with Gasteiger partial charge in [-0.15, -0.1) is 0 Å². The third-order valence-electron chi connectivity index (χ3n) is 3.12. The van der Waals surface area contributed by atoms with Crippen molar-refractivity contribution in [2.45, 2.75) is 25.5 Å². The van der Waals surface area contributed by atoms with Crippen LogP contribution in [0.2, 0.25) is 0 Å². The molecule has 0 spiro atoms. The molecule has 2 rings (SSSR count). The Hall–Kier alpha value is -1.53. The zero-order valence-corrected chi connectivity index (χ0v) is 15.6. The molecule has 23 heavy (non-hydrogen) atoms. The number of ether oxygens (including phenoxy) is 1. The lowest BCUT2D eigenvalue weighted by Gasteiger charge is -2.18. The Morgan fingerprint density at radius 3 is 2.78 bits per heavy atom. The number of nitrogens with zero attached hydrogens (tertiary/aromatic N) is 1. The fraction of sp³-hybridized carbons (Fsp3) is 0.412. The average molecular weight is 350 g/mol. The van der Waals surface area contributed by atoms with Crippen LogP contribution >= 0.6 is 24.0 Å². The first-order chi connectivity index (χ1) is 10.9. The molecule has 0 unspecified atom stereocenters. The first-order valence-corrected chi connectivity index (χ1v) is 8.90. The van der Waals surface area contributed by atoms with Gasteiger partial charge in [-0.1, -0.05) is 20.8 Å². The van der Waals surface area contributed by atoms with Crippen LogP contribution in [0, 0.1) is 0 Å². The van der Waals surface area contributed by atoms with E-state index in [4.69, 9.17) is 17.0 Å². The van der Waals surface area contributed by atoms with Crippen LogP contribution in [-0.4, -0.2) is 34.3 Å². The second-order valence-electron chi connectivity index (χ2n) is 6.06. The normalized spacial score (nSPS) is 11.3. The number of pyridine rings is 1. The lowest BCUT2D eigenvalue weighted by molar-refractivity contribution is 0.419. The second kappa shape index (κ2) is 7.84. The highest BCUT2D eigenvalue weighted by atomic mass is 32.2. The van der Waals surface area contributed by atoms with Crippen LogP contribution in [0.3, 0.4) is 0 Å². The Balaban J connectivity index is 2.00. The third kappa shape index (κ3) is 5.25. The van der Waals surface area contributed by atoms with Gasteiger partial charge < -0.3 is 15.4 Å². The van der Waals surface area contributed by atoms with Gasteiger partial charge >= 0.3 is 0 Å². The maximum absolute atomic E-state index is 5.38. The van der Waals surface area contributed by atoms with E-state index in [0.29, 0.717) is 5.11 Å². The van der Waals surface area contributed by atoms with Gasteiger partial charge in [-0.2, -0.15) is 11.8 Å². The maximum atomic E-state index is 5.38. The lowest BCUT2D eigenvalue weighted by Crippen LogP contribution is -2.31. The highest BCUT2D eigenvalue weighted by molar-refractivity contribution is 8.00. The van der Waals surface area contributed by atoms with E-state index in [9.17, 15) is 0 Å². The monoisotopic (exact) mass is 349 g/mol. The van der Waals surface area contributed by atoms with E-state index in [2.05, 4.69) is 36.4 Å². The zero-order chi connectivity index (χ0) is 16.9. The Morgan fingerprint density at radius 1 is 1.30 bits per heavy atom. The van der Waals surface area contributed by atoms with Crippen LogP contribution in [0.1, 0.15) is 20.8 Å². The summed E-state index contributed by atoms with van der Waals surface area (Å²) in [6.07, 6.45) is 1.76. The van der Waals surface area contributed by atoms with E-state index in [1.807, 2.05) is 36.0 Å². The van der Waals surface area contributed by atoms with E-state index in [0.717, 1.165) is 34.6 Å². The molecule has 6 heteroatoms. The number of rotatable bonds is 5. The number of thiocarbonyl (C=S) groups is 1. The number of nitrogens with one attached hydrogen (secondary N) is 2. The first-order valence-electron chi connectivity index (χ1n) is 7.51. The number of hydrogen-bond acceptors (Lipinski definition) is 4. The van der Waals surface area contributed by atoms with E-state index >= 15 is 0 Å². The van der Waals surface area contributed by atoms with Crippen molar-refractivity contribution in [2.75, 3.05) is 24.7 Å². The van der Waals surface area contributed by atoms with Crippen molar-refractivity contribution in [3.8, 4) is 5.75 Å². The van der Waals surface area contributed by atoms with Gasteiger partial charge in [-0.05, 0) is 36.5 Å². The largest absolute Gasteiger partial charge is 0.494 e. The zero-order valence-electron chi connectivity index (χ0n) is 14.0. The molecule has 0 bridgehead atoms. The number of methoxy groups -OCH3 is 1. The Kier molecular flexibility index (Phi) is 6.07. The van der Waals surface area contributed by atoms with Gasteiger partial charge in [0.25, 0.3) is 0 Å². The summed E-state index contributed by atoms with van der Waals surface area (Å²) in [5, 5.41) is 8.10. The van der Waals surface area contributed by atoms with Gasteiger partial charge in [-0.25, -0.2) is 0 Å². The Labute approximate surface area is 147 Å². The summed E-state index contributed by atoms with van der Waals surface area (Å²) in [7, 11) is 1.65. The summed E-state index contributed by atoms with van der Waals surface area (Å²) in [4.78, 5) is 4.39. The fourth-order valence-corrected chi connectivity index (χ4v) is 3.14. The quantitative estimate of drug-likeness (QED) is 0.627. The molecule has 0 saturated carbocycles. The predicted octanol–water partition coefficient (Wildman–Crippen LogP) is 4.06. The standard InChI is InChI=1S/C17H23N3OS2/c1-17(2,3)23-11-10-19-16(22)20-13-7-8-14(21-4)15-12(13)6-5-9-18-15/h5-9H,10-11H2,1-4H3,(H2,19,20,22). The molecule has 0 saturated heterocycles. The molecule has 0 aliphatic rings. The van der Waals surface area contributed by atoms with Crippen molar-refractivity contribution < 1.29 is 4.74 Å². The van der Waals surface area contributed by atoms with Crippen molar-refractivity contribution in [1.29, 1.82) is 0 Å². The van der Waals surface area contributed by atoms with Crippen molar-refractivity contribution in [2.24, 2.45) is 0 Å². The predicted molar refractivity (Wildman–Crippen MR) is 105 cm³/mol. The molecule has 1 aromatic carbocycles. The summed E-state index contributed by atoms with van der Waals surface area (Å²) in [6.45, 7) is 7.47. The smallest absolute Gasteiger partial charge is 0.170 e. The van der Waals surface area contributed by atoms with E-state index in [1.165, 1.54) is 0 Å². The van der Waals surface area contributed by atoms with E-state index in [1.54, 1.807) is 13.3 Å². The molecular weight excluding hydrogens is 326 g/mol. The second-order valence-corrected chi connectivity index (χ2v) is 8.39. The van der Waals surface area contributed by atoms with Crippen molar-refractivity contribution in [3.63, 3.8) is 0 Å². The number of anilines is 1. The summed E-state index contributed by atoms with van der Waals surface area (Å²) >= 11 is 7.30. The highest BCUT2D eigenvalue weighted by Crippen LogP contribution is 2.29. The molecule has 0 aliphatic heterocycles. The van der Waals surface area contributed by atoms with Crippen LogP contribution < -0.4 is 15.4 Å². The molecule has 1 heterocycles. The topological polar surface area (TPSA) is 46.2 Å². The molecule has 0 fully saturated rings. The van der Waals surface area contributed by atoms with Gasteiger partial charge in [-0.3, -0.25) is 4.98 Å². The van der Waals surface area contributed by atoms with Gasteiger partial charge in [0.1, 0.15) is 11.3 Å². The third-order valence-corrected chi connectivity index (χ3v) is 4.64. The van der Waals surface area contributed by atoms with Gasteiger partial charge in [0.15, 0.2) is 5.11 Å². The summed E-state index contributed by atoms with van der Waals surface area (Å²) < 4.78 is 5.63. The Bertz CT molecular complexity index is 683. The fourth-order valence-electron chi connectivity index (χ4n) is 2.11. The summed E-state index contributed by atoms with van der Waals surface area (Å²) in [5.41, 5.74) is 1.75. The van der Waals surface area contributed by atoms with E-state index < -0.39 is 0 Å². The first kappa shape index (κ1) is 17.8. The summed E-state index contributed by atoms with van der Waals surface area (Å²) in [5.74, 6) is 1.77. The highest BCUT2D eigenvalue weighted by Gasteiger charge is 2.10. The maximum Gasteiger partial charge on any atom is 0.170 e. The number of fused-ring (bicyclic) bond motifs is 1.